The number of pyridine rings is 1. The predicted octanol–water partition coefficient (Wildman–Crippen LogP) is 4.57. The Morgan fingerprint density at radius 2 is 1.57 bits per heavy atom. The molecule has 2 N–H and O–H groups in total. The topological polar surface area (TPSA) is 124 Å². The second kappa shape index (κ2) is 13.0. The smallest absolute Gasteiger partial charge is 0.475 e. The van der Waals surface area contributed by atoms with E-state index in [9.17, 15) is 26.3 Å². The molecule has 0 aromatic carbocycles. The van der Waals surface area contributed by atoms with E-state index in [0.717, 1.165) is 50.6 Å². The third-order valence-electron chi connectivity index (χ3n) is 6.14. The molecule has 2 fully saturated rings. The second-order valence-electron chi connectivity index (χ2n) is 9.17. The summed E-state index contributed by atoms with van der Waals surface area (Å²) in [5, 5.41) is 19.1. The van der Waals surface area contributed by atoms with E-state index in [2.05, 4.69) is 28.1 Å². The van der Waals surface area contributed by atoms with Crippen molar-refractivity contribution < 1.29 is 50.6 Å². The van der Waals surface area contributed by atoms with Gasteiger partial charge in [-0.15, -0.1) is 0 Å². The number of anilines is 1. The summed E-state index contributed by atoms with van der Waals surface area (Å²) in [6.45, 7) is 5.39. The van der Waals surface area contributed by atoms with E-state index in [4.69, 9.17) is 34.3 Å². The molecule has 3 aromatic rings. The van der Waals surface area contributed by atoms with Crippen molar-refractivity contribution in [2.75, 3.05) is 31.1 Å². The molecule has 0 bridgehead atoms. The molecule has 2 aliphatic rings. The number of carbonyl (C=O) groups is 2. The van der Waals surface area contributed by atoms with Crippen molar-refractivity contribution in [3.05, 3.63) is 48.3 Å². The maximum atomic E-state index is 10.6. The number of fused-ring (bicyclic) bond motifs is 1. The number of nitrogens with zero attached hydrogens (tertiary/aromatic N) is 5. The summed E-state index contributed by atoms with van der Waals surface area (Å²) in [7, 11) is 0. The average molecular weight is 579 g/mol. The number of rotatable bonds is 4. The number of piperidine rings is 1. The summed E-state index contributed by atoms with van der Waals surface area (Å²) in [6.07, 6.45) is 0.494. The minimum absolute atomic E-state index is 0.408. The first kappa shape index (κ1) is 30.7. The van der Waals surface area contributed by atoms with Gasteiger partial charge in [-0.3, -0.25) is 4.90 Å². The van der Waals surface area contributed by atoms with Crippen LogP contribution in [0.3, 0.4) is 0 Å². The Morgan fingerprint density at radius 3 is 2.12 bits per heavy atom. The molecule has 1 atom stereocenters. The Kier molecular flexibility index (Phi) is 10.0. The highest BCUT2D eigenvalue weighted by Gasteiger charge is 2.38. The Balaban J connectivity index is 0.000000263. The van der Waals surface area contributed by atoms with E-state index in [0.29, 0.717) is 5.92 Å². The lowest BCUT2D eigenvalue weighted by Gasteiger charge is -2.30. The van der Waals surface area contributed by atoms with Crippen molar-refractivity contribution in [1.82, 2.24) is 19.5 Å². The number of likely N-dealkylation sites (tertiary alicyclic amines) is 1. The molecule has 40 heavy (non-hydrogen) atoms. The summed E-state index contributed by atoms with van der Waals surface area (Å²) in [4.78, 5) is 27.5. The second-order valence-corrected chi connectivity index (χ2v) is 9.17. The first-order chi connectivity index (χ1) is 18.7. The molecule has 2 aliphatic heterocycles. The highest BCUT2D eigenvalue weighted by Crippen LogP contribution is 2.27. The van der Waals surface area contributed by atoms with Gasteiger partial charge in [0.25, 0.3) is 0 Å². The zero-order valence-electron chi connectivity index (χ0n) is 21.0. The molecule has 10 nitrogen and oxygen atoms in total. The van der Waals surface area contributed by atoms with Gasteiger partial charge in [0.2, 0.25) is 0 Å². The molecule has 0 amide bonds. The molecule has 3 aromatic heterocycles. The third-order valence-corrected chi connectivity index (χ3v) is 6.14. The van der Waals surface area contributed by atoms with E-state index in [1.165, 1.54) is 30.5 Å². The Morgan fingerprint density at radius 1 is 0.950 bits per heavy atom. The molecule has 0 saturated carbocycles. The number of hydrogen-bond donors (Lipinski definition) is 2. The van der Waals surface area contributed by atoms with Crippen LogP contribution in [-0.4, -0.2) is 80.2 Å². The van der Waals surface area contributed by atoms with Crippen LogP contribution in [0.25, 0.3) is 5.65 Å². The lowest BCUT2D eigenvalue weighted by Crippen LogP contribution is -2.34. The first-order valence-corrected chi connectivity index (χ1v) is 12.2. The van der Waals surface area contributed by atoms with Gasteiger partial charge in [-0.2, -0.15) is 31.4 Å². The van der Waals surface area contributed by atoms with Gasteiger partial charge >= 0.3 is 24.3 Å². The van der Waals surface area contributed by atoms with Crippen LogP contribution in [0.15, 0.2) is 41.3 Å². The molecular formula is C24H27F6N5O5. The van der Waals surface area contributed by atoms with E-state index >= 15 is 0 Å². The number of halogens is 6. The van der Waals surface area contributed by atoms with Crippen LogP contribution in [0, 0.1) is 0 Å². The molecule has 0 aliphatic carbocycles. The van der Waals surface area contributed by atoms with Crippen molar-refractivity contribution in [3.8, 4) is 0 Å². The standard InChI is InChI=1S/C20H25N5O.2C2HF3O2/c1-2-10-24(9-1)18-5-6-19-21-20(22-25(19)14-18)17-4-3-8-23(13-17)12-16-7-11-26-15-16;2*3-2(4,5)1(6)7/h5-7,11,14-15,17H,1-4,8-10,12-13H2;2*(H,6,7). The van der Waals surface area contributed by atoms with E-state index < -0.39 is 24.3 Å². The Hall–Kier alpha value is -3.82. The fourth-order valence-corrected chi connectivity index (χ4v) is 4.28. The number of alkyl halides is 6. The highest BCUT2D eigenvalue weighted by molar-refractivity contribution is 5.73. The van der Waals surface area contributed by atoms with E-state index in [1.54, 1.807) is 6.26 Å². The minimum Gasteiger partial charge on any atom is -0.475 e. The van der Waals surface area contributed by atoms with Crippen molar-refractivity contribution >= 4 is 23.3 Å². The molecule has 5 heterocycles. The number of carboxylic acid groups (broad SMARTS) is 2. The van der Waals surface area contributed by atoms with Crippen molar-refractivity contribution in [2.24, 2.45) is 0 Å². The number of aliphatic carboxylic acids is 2. The maximum absolute atomic E-state index is 10.6. The molecule has 0 spiro atoms. The van der Waals surface area contributed by atoms with Gasteiger partial charge in [-0.1, -0.05) is 0 Å². The number of aromatic nitrogens is 3. The zero-order chi connectivity index (χ0) is 29.5. The Bertz CT molecular complexity index is 1230. The van der Waals surface area contributed by atoms with Gasteiger partial charge in [0.15, 0.2) is 11.5 Å². The quantitative estimate of drug-likeness (QED) is 0.428. The van der Waals surface area contributed by atoms with Gasteiger partial charge in [0.05, 0.1) is 24.4 Å². The molecule has 220 valence electrons. The number of furan rings is 1. The normalized spacial score (nSPS) is 18.1. The molecular weight excluding hydrogens is 552 g/mol. The van der Waals surface area contributed by atoms with E-state index in [1.807, 2.05) is 16.8 Å². The number of carboxylic acids is 2. The molecule has 2 saturated heterocycles. The van der Waals surface area contributed by atoms with Gasteiger partial charge in [-0.05, 0) is 50.4 Å². The van der Waals surface area contributed by atoms with Gasteiger partial charge < -0.3 is 19.5 Å². The van der Waals surface area contributed by atoms with Crippen LogP contribution in [-0.2, 0) is 16.1 Å². The third kappa shape index (κ3) is 8.86. The van der Waals surface area contributed by atoms with Gasteiger partial charge in [-0.25, -0.2) is 19.1 Å². The molecule has 1 unspecified atom stereocenters. The SMILES string of the molecule is O=C(O)C(F)(F)F.O=C(O)C(F)(F)F.c1cc(CN2CCCC(c3nc4ccc(N5CCCC5)cn4n3)C2)co1. The van der Waals surface area contributed by atoms with Crippen LogP contribution in [0.5, 0.6) is 0 Å². The fourth-order valence-electron chi connectivity index (χ4n) is 4.28. The maximum Gasteiger partial charge on any atom is 0.490 e. The summed E-state index contributed by atoms with van der Waals surface area (Å²) in [5.41, 5.74) is 3.45. The van der Waals surface area contributed by atoms with Crippen LogP contribution in [0.2, 0.25) is 0 Å². The van der Waals surface area contributed by atoms with Crippen LogP contribution in [0.4, 0.5) is 32.0 Å². The molecule has 5 rings (SSSR count). The Labute approximate surface area is 223 Å². The van der Waals surface area contributed by atoms with Crippen molar-refractivity contribution in [2.45, 2.75) is 50.5 Å². The van der Waals surface area contributed by atoms with Crippen LogP contribution < -0.4 is 4.90 Å². The zero-order valence-corrected chi connectivity index (χ0v) is 21.0. The summed E-state index contributed by atoms with van der Waals surface area (Å²) in [5.74, 6) is -4.12. The lowest BCUT2D eigenvalue weighted by molar-refractivity contribution is -0.193. The monoisotopic (exact) mass is 579 g/mol. The van der Waals surface area contributed by atoms with Crippen LogP contribution in [0.1, 0.15) is 43.0 Å². The predicted molar refractivity (Wildman–Crippen MR) is 128 cm³/mol. The van der Waals surface area contributed by atoms with Gasteiger partial charge in [0, 0.05) is 37.7 Å². The fraction of sp³-hybridized carbons (Fsp3) is 0.500. The van der Waals surface area contributed by atoms with Crippen molar-refractivity contribution in [3.63, 3.8) is 0 Å². The molecule has 16 heteroatoms. The van der Waals surface area contributed by atoms with E-state index in [-0.39, 0.29) is 0 Å². The molecule has 0 radical (unpaired) electrons. The number of hydrogen-bond acceptors (Lipinski definition) is 7. The van der Waals surface area contributed by atoms with Gasteiger partial charge in [0.1, 0.15) is 0 Å². The minimum atomic E-state index is -5.08. The summed E-state index contributed by atoms with van der Waals surface area (Å²) >= 11 is 0. The largest absolute Gasteiger partial charge is 0.490 e. The van der Waals surface area contributed by atoms with Crippen molar-refractivity contribution in [1.29, 1.82) is 0 Å². The summed E-state index contributed by atoms with van der Waals surface area (Å²) in [6, 6.07) is 6.34. The average Bonchev–Trinajstić information content (AvgIpc) is 3.65. The summed E-state index contributed by atoms with van der Waals surface area (Å²) < 4.78 is 70.6. The van der Waals surface area contributed by atoms with Crippen LogP contribution >= 0.6 is 0 Å². The highest BCUT2D eigenvalue weighted by atomic mass is 19.4. The lowest BCUT2D eigenvalue weighted by atomic mass is 9.97. The first-order valence-electron chi connectivity index (χ1n) is 12.2.